The summed E-state index contributed by atoms with van der Waals surface area (Å²) < 4.78 is 28.8. The minimum Gasteiger partial charge on any atom is -0.346 e. The molecule has 0 aromatic heterocycles. The van der Waals surface area contributed by atoms with Gasteiger partial charge in [-0.15, -0.1) is 0 Å². The molecule has 0 spiro atoms. The molecular weight excluding hydrogens is 331 g/mol. The van der Waals surface area contributed by atoms with Gasteiger partial charge in [-0.05, 0) is 26.0 Å². The summed E-state index contributed by atoms with van der Waals surface area (Å²) in [7, 11) is -2.57. The molecule has 0 fully saturated rings. The normalized spacial score (nSPS) is 11.9. The predicted molar refractivity (Wildman–Crippen MR) is 84.9 cm³/mol. The Kier molecular flexibility index (Phi) is 5.70. The molecule has 0 saturated carbocycles. The molecule has 0 aliphatic heterocycles. The lowest BCUT2D eigenvalue weighted by molar-refractivity contribution is -0.128. The highest BCUT2D eigenvalue weighted by atomic mass is 35.5. The van der Waals surface area contributed by atoms with Crippen LogP contribution < -0.4 is 5.32 Å². The van der Waals surface area contributed by atoms with Crippen LogP contribution >= 0.6 is 11.6 Å². The van der Waals surface area contributed by atoms with Crippen LogP contribution in [-0.4, -0.2) is 35.1 Å². The molecule has 5 nitrogen and oxygen atoms in total. The Balaban J connectivity index is 2.88. The Morgan fingerprint density at radius 2 is 1.95 bits per heavy atom. The maximum Gasteiger partial charge on any atom is 0.273 e. The lowest BCUT2D eigenvalue weighted by Crippen LogP contribution is -2.42. The van der Waals surface area contributed by atoms with Gasteiger partial charge in [0.15, 0.2) is 0 Å². The van der Waals surface area contributed by atoms with Gasteiger partial charge in [0.1, 0.15) is 5.82 Å². The van der Waals surface area contributed by atoms with Crippen LogP contribution in [0.25, 0.3) is 0 Å². The second kappa shape index (κ2) is 6.75. The monoisotopic (exact) mass is 348 g/mol. The molecule has 0 atom stereocenters. The summed E-state index contributed by atoms with van der Waals surface area (Å²) in [6.45, 7) is 2.66. The van der Waals surface area contributed by atoms with Crippen LogP contribution in [0.3, 0.4) is 0 Å². The molecule has 0 aliphatic carbocycles. The number of hydrogen-bond acceptors (Lipinski definition) is 3. The summed E-state index contributed by atoms with van der Waals surface area (Å²) in [4.78, 5) is 23.7. The number of hydrogen-bond donors (Lipinski definition) is 1. The lowest BCUT2D eigenvalue weighted by Gasteiger charge is -2.24. The van der Waals surface area contributed by atoms with E-state index in [-0.39, 0.29) is 10.6 Å². The van der Waals surface area contributed by atoms with Crippen LogP contribution in [0.1, 0.15) is 19.4 Å². The van der Waals surface area contributed by atoms with Gasteiger partial charge >= 0.3 is 0 Å². The van der Waals surface area contributed by atoms with Crippen molar-refractivity contribution in [1.29, 1.82) is 0 Å². The quantitative estimate of drug-likeness (QED) is 0.905. The predicted octanol–water partition coefficient (Wildman–Crippen LogP) is 2.13. The molecule has 0 aliphatic rings. The Bertz CT molecular complexity index is 717. The summed E-state index contributed by atoms with van der Waals surface area (Å²) >= 11 is 5.69. The van der Waals surface area contributed by atoms with E-state index < -0.39 is 39.3 Å². The largest absolute Gasteiger partial charge is 0.346 e. The topological polar surface area (TPSA) is 75.6 Å². The fourth-order valence-electron chi connectivity index (χ4n) is 1.77. The molecule has 1 rings (SSSR count). The first-order chi connectivity index (χ1) is 9.93. The fraction of sp³-hybridized carbons (Fsp3) is 0.429. The van der Waals surface area contributed by atoms with Crippen molar-refractivity contribution in [3.63, 3.8) is 0 Å². The molecule has 0 saturated heterocycles. The average molecular weight is 349 g/mol. The van der Waals surface area contributed by atoms with Gasteiger partial charge in [0.2, 0.25) is 5.91 Å². The molecule has 1 aromatic carbocycles. The highest BCUT2D eigenvalue weighted by Crippen LogP contribution is 2.27. The first-order valence-electron chi connectivity index (χ1n) is 6.37. The maximum atomic E-state index is 13.9. The van der Waals surface area contributed by atoms with Crippen LogP contribution in [0.4, 0.5) is 4.39 Å². The van der Waals surface area contributed by atoms with Gasteiger partial charge in [0.25, 0.3) is 5.91 Å². The molecule has 1 N–H and O–H groups in total. The lowest BCUT2D eigenvalue weighted by atomic mass is 9.83. The Labute approximate surface area is 134 Å². The molecule has 0 heterocycles. The fourth-order valence-corrected chi connectivity index (χ4v) is 2.49. The molecule has 1 aromatic rings. The third kappa shape index (κ3) is 5.06. The zero-order valence-corrected chi connectivity index (χ0v) is 14.3. The van der Waals surface area contributed by atoms with Crippen molar-refractivity contribution >= 4 is 33.1 Å². The van der Waals surface area contributed by atoms with Gasteiger partial charge in [0, 0.05) is 32.8 Å². The number of amides is 2. The van der Waals surface area contributed by atoms with Gasteiger partial charge in [-0.25, -0.2) is 8.60 Å². The highest BCUT2D eigenvalue weighted by molar-refractivity contribution is 7.92. The molecule has 8 heteroatoms. The van der Waals surface area contributed by atoms with Gasteiger partial charge in [-0.1, -0.05) is 17.7 Å². The molecule has 0 radical (unpaired) electrons. The summed E-state index contributed by atoms with van der Waals surface area (Å²) in [5.41, 5.74) is -1.04. The summed E-state index contributed by atoms with van der Waals surface area (Å²) in [5, 5.41) is 2.61. The van der Waals surface area contributed by atoms with Crippen molar-refractivity contribution in [1.82, 2.24) is 5.32 Å². The van der Waals surface area contributed by atoms with E-state index in [2.05, 4.69) is 9.68 Å². The van der Waals surface area contributed by atoms with E-state index in [4.69, 9.17) is 11.6 Å². The van der Waals surface area contributed by atoms with E-state index in [0.717, 1.165) is 6.07 Å². The van der Waals surface area contributed by atoms with Crippen LogP contribution in [0, 0.1) is 5.82 Å². The molecule has 2 amide bonds. The van der Waals surface area contributed by atoms with Crippen LogP contribution in [0.2, 0.25) is 5.02 Å². The van der Waals surface area contributed by atoms with E-state index in [1.807, 2.05) is 0 Å². The highest BCUT2D eigenvalue weighted by Gasteiger charge is 2.32. The van der Waals surface area contributed by atoms with Gasteiger partial charge in [-0.3, -0.25) is 9.59 Å². The molecular formula is C14H18ClFN2O3S. The number of rotatable bonds is 4. The maximum absolute atomic E-state index is 13.9. The van der Waals surface area contributed by atoms with Crippen molar-refractivity contribution in [2.75, 3.05) is 19.1 Å². The molecule has 0 bridgehead atoms. The molecule has 122 valence electrons. The van der Waals surface area contributed by atoms with E-state index >= 15 is 0 Å². The molecule has 22 heavy (non-hydrogen) atoms. The third-order valence-electron chi connectivity index (χ3n) is 2.89. The number of carbonyl (C=O) groups is 2. The summed E-state index contributed by atoms with van der Waals surface area (Å²) in [6.07, 6.45) is 2.64. The van der Waals surface area contributed by atoms with E-state index in [1.165, 1.54) is 38.5 Å². The van der Waals surface area contributed by atoms with Crippen molar-refractivity contribution in [3.05, 3.63) is 34.6 Å². The summed E-state index contributed by atoms with van der Waals surface area (Å²) in [6, 6.07) is 4.03. The Morgan fingerprint density at radius 1 is 1.36 bits per heavy atom. The van der Waals surface area contributed by atoms with Crippen LogP contribution in [0.5, 0.6) is 0 Å². The van der Waals surface area contributed by atoms with E-state index in [1.54, 1.807) is 0 Å². The minimum atomic E-state index is -2.57. The Morgan fingerprint density at radius 3 is 2.45 bits per heavy atom. The van der Waals surface area contributed by atoms with Gasteiger partial charge in [0.05, 0.1) is 12.0 Å². The van der Waals surface area contributed by atoms with Gasteiger partial charge in [-0.2, -0.15) is 4.36 Å². The molecule has 0 unspecified atom stereocenters. The standard InChI is InChI=1S/C14H18ClFN2O3S/c1-14(2,10-6-5-9(15)7-11(10)16)13(20)17-8-12(19)18-22(3,4)21/h5-7H,8H2,1-4H3,(H,17,20). The van der Waals surface area contributed by atoms with Gasteiger partial charge < -0.3 is 5.32 Å². The van der Waals surface area contributed by atoms with E-state index in [0.29, 0.717) is 0 Å². The first kappa shape index (κ1) is 18.6. The Hall–Kier alpha value is -1.47. The second-order valence-corrected chi connectivity index (χ2v) is 8.58. The minimum absolute atomic E-state index is 0.161. The number of benzene rings is 1. The van der Waals surface area contributed by atoms with Crippen molar-refractivity contribution in [2.45, 2.75) is 19.3 Å². The average Bonchev–Trinajstić information content (AvgIpc) is 2.33. The first-order valence-corrected chi connectivity index (χ1v) is 9.08. The van der Waals surface area contributed by atoms with Crippen molar-refractivity contribution in [3.8, 4) is 0 Å². The summed E-state index contributed by atoms with van der Waals surface area (Å²) in [5.74, 6) is -1.85. The number of nitrogens with zero attached hydrogens (tertiary/aromatic N) is 1. The third-order valence-corrected chi connectivity index (χ3v) is 3.77. The zero-order chi connectivity index (χ0) is 17.1. The number of nitrogens with one attached hydrogen (secondary N) is 1. The van der Waals surface area contributed by atoms with Crippen LogP contribution in [-0.2, 0) is 24.7 Å². The SMILES string of the molecule is CC(C)(C(=O)NCC(=O)N=S(C)(C)=O)c1ccc(Cl)cc1F. The number of carbonyl (C=O) groups excluding carboxylic acids is 2. The smallest absolute Gasteiger partial charge is 0.273 e. The van der Waals surface area contributed by atoms with Crippen LogP contribution in [0.15, 0.2) is 22.6 Å². The van der Waals surface area contributed by atoms with Crippen molar-refractivity contribution < 1.29 is 18.2 Å². The zero-order valence-electron chi connectivity index (χ0n) is 12.8. The second-order valence-electron chi connectivity index (χ2n) is 5.60. The van der Waals surface area contributed by atoms with E-state index in [9.17, 15) is 18.2 Å². The number of halogens is 2. The van der Waals surface area contributed by atoms with Crippen molar-refractivity contribution in [2.24, 2.45) is 4.36 Å².